The summed E-state index contributed by atoms with van der Waals surface area (Å²) < 4.78 is 37.5. The smallest absolute Gasteiger partial charge is 0.433 e. The topological polar surface area (TPSA) is 63.1 Å². The zero-order valence-electron chi connectivity index (χ0n) is 9.35. The third-order valence-electron chi connectivity index (χ3n) is 2.36. The number of hydrogen-bond donors (Lipinski definition) is 1. The minimum absolute atomic E-state index is 0.0913. The Balaban J connectivity index is 2.61. The summed E-state index contributed by atoms with van der Waals surface area (Å²) in [6, 6.07) is 4.92. The van der Waals surface area contributed by atoms with E-state index in [1.54, 1.807) is 12.1 Å². The molecule has 0 bridgehead atoms. The molecule has 0 aliphatic rings. The Morgan fingerprint density at radius 1 is 1.21 bits per heavy atom. The number of pyridine rings is 2. The van der Waals surface area contributed by atoms with E-state index < -0.39 is 23.5 Å². The van der Waals surface area contributed by atoms with Crippen LogP contribution in [0.4, 0.5) is 13.2 Å². The van der Waals surface area contributed by atoms with Crippen molar-refractivity contribution >= 4 is 5.97 Å². The molecule has 1 N–H and O–H groups in total. The van der Waals surface area contributed by atoms with Crippen LogP contribution < -0.4 is 0 Å². The largest absolute Gasteiger partial charge is 0.476 e. The Kier molecular flexibility index (Phi) is 3.20. The van der Waals surface area contributed by atoms with Crippen LogP contribution >= 0.6 is 0 Å². The van der Waals surface area contributed by atoms with E-state index in [0.717, 1.165) is 12.1 Å². The quantitative estimate of drug-likeness (QED) is 0.909. The van der Waals surface area contributed by atoms with Gasteiger partial charge in [0.15, 0.2) is 5.69 Å². The molecule has 0 fully saturated rings. The molecular weight excluding hydrogens is 261 g/mol. The van der Waals surface area contributed by atoms with Crippen molar-refractivity contribution < 1.29 is 23.1 Å². The predicted molar refractivity (Wildman–Crippen MR) is 59.4 cm³/mol. The second-order valence-electron chi connectivity index (χ2n) is 3.64. The molecule has 2 rings (SSSR count). The molecule has 19 heavy (non-hydrogen) atoms. The van der Waals surface area contributed by atoms with Crippen molar-refractivity contribution in [1.29, 1.82) is 0 Å². The van der Waals surface area contributed by atoms with E-state index in [1.165, 1.54) is 12.4 Å². The van der Waals surface area contributed by atoms with Crippen molar-refractivity contribution in [3.05, 3.63) is 48.0 Å². The van der Waals surface area contributed by atoms with Gasteiger partial charge >= 0.3 is 12.1 Å². The summed E-state index contributed by atoms with van der Waals surface area (Å²) in [5.74, 6) is -1.52. The molecule has 7 heteroatoms. The Morgan fingerprint density at radius 2 is 1.95 bits per heavy atom. The third kappa shape index (κ3) is 2.70. The van der Waals surface area contributed by atoms with Gasteiger partial charge in [-0.1, -0.05) is 6.07 Å². The Morgan fingerprint density at radius 3 is 2.47 bits per heavy atom. The highest BCUT2D eigenvalue weighted by molar-refractivity contribution is 5.93. The summed E-state index contributed by atoms with van der Waals surface area (Å²) in [5, 5.41) is 8.97. The average molecular weight is 268 g/mol. The van der Waals surface area contributed by atoms with E-state index in [4.69, 9.17) is 5.11 Å². The third-order valence-corrected chi connectivity index (χ3v) is 2.36. The van der Waals surface area contributed by atoms with Crippen LogP contribution in [0.5, 0.6) is 0 Å². The summed E-state index contributed by atoms with van der Waals surface area (Å²) in [7, 11) is 0. The molecule has 98 valence electrons. The number of aromatic nitrogens is 2. The summed E-state index contributed by atoms with van der Waals surface area (Å²) in [6.45, 7) is 0. The van der Waals surface area contributed by atoms with Gasteiger partial charge in [-0.25, -0.2) is 9.78 Å². The van der Waals surface area contributed by atoms with E-state index in [2.05, 4.69) is 9.97 Å². The number of nitrogens with zero attached hydrogens (tertiary/aromatic N) is 2. The fraction of sp³-hybridized carbons (Fsp3) is 0.0833. The highest BCUT2D eigenvalue weighted by atomic mass is 19.4. The maximum absolute atomic E-state index is 12.5. The monoisotopic (exact) mass is 268 g/mol. The molecule has 0 spiro atoms. The van der Waals surface area contributed by atoms with Gasteiger partial charge in [0.2, 0.25) is 0 Å². The van der Waals surface area contributed by atoms with Gasteiger partial charge in [-0.15, -0.1) is 0 Å². The van der Waals surface area contributed by atoms with Gasteiger partial charge < -0.3 is 5.11 Å². The van der Waals surface area contributed by atoms with E-state index in [-0.39, 0.29) is 5.56 Å². The maximum Gasteiger partial charge on any atom is 0.433 e. The standard InChI is InChI=1S/C12H7F3N2O2/c13-12(14,15)9-4-3-8(10(17-9)11(18)19)7-2-1-5-16-6-7/h1-6H,(H,18,19). The van der Waals surface area contributed by atoms with Crippen LogP contribution in [0, 0.1) is 0 Å². The maximum atomic E-state index is 12.5. The minimum atomic E-state index is -4.68. The molecule has 0 radical (unpaired) electrons. The van der Waals surface area contributed by atoms with E-state index in [1.807, 2.05) is 0 Å². The van der Waals surface area contributed by atoms with Crippen molar-refractivity contribution in [2.24, 2.45) is 0 Å². The molecule has 0 aliphatic heterocycles. The lowest BCUT2D eigenvalue weighted by Gasteiger charge is -2.10. The van der Waals surface area contributed by atoms with Gasteiger partial charge in [0.25, 0.3) is 0 Å². The first-order valence-corrected chi connectivity index (χ1v) is 5.11. The molecule has 4 nitrogen and oxygen atoms in total. The van der Waals surface area contributed by atoms with Crippen molar-refractivity contribution in [2.45, 2.75) is 6.18 Å². The first-order chi connectivity index (χ1) is 8.89. The van der Waals surface area contributed by atoms with Gasteiger partial charge in [-0.3, -0.25) is 4.98 Å². The van der Waals surface area contributed by atoms with Crippen molar-refractivity contribution in [2.75, 3.05) is 0 Å². The number of carboxylic acids is 1. The van der Waals surface area contributed by atoms with Crippen molar-refractivity contribution in [3.8, 4) is 11.1 Å². The number of alkyl halides is 3. The highest BCUT2D eigenvalue weighted by Crippen LogP contribution is 2.30. The van der Waals surface area contributed by atoms with Gasteiger partial charge in [-0.2, -0.15) is 13.2 Å². The minimum Gasteiger partial charge on any atom is -0.476 e. The Hall–Kier alpha value is -2.44. The van der Waals surface area contributed by atoms with Crippen LogP contribution in [0.3, 0.4) is 0 Å². The number of rotatable bonds is 2. The first-order valence-electron chi connectivity index (χ1n) is 5.11. The summed E-state index contributed by atoms with van der Waals surface area (Å²) in [6.07, 6.45) is -1.85. The van der Waals surface area contributed by atoms with E-state index in [9.17, 15) is 18.0 Å². The van der Waals surface area contributed by atoms with Crippen LogP contribution in [-0.4, -0.2) is 21.0 Å². The second kappa shape index (κ2) is 4.68. The van der Waals surface area contributed by atoms with Crippen LogP contribution in [-0.2, 0) is 6.18 Å². The number of carbonyl (C=O) groups is 1. The highest BCUT2D eigenvalue weighted by Gasteiger charge is 2.33. The average Bonchev–Trinajstić information content (AvgIpc) is 2.38. The van der Waals surface area contributed by atoms with Gasteiger partial charge in [0.05, 0.1) is 0 Å². The first kappa shape index (κ1) is 13.0. The zero-order valence-corrected chi connectivity index (χ0v) is 9.35. The van der Waals surface area contributed by atoms with Crippen LogP contribution in [0.15, 0.2) is 36.7 Å². The van der Waals surface area contributed by atoms with Gasteiger partial charge in [-0.05, 0) is 18.2 Å². The van der Waals surface area contributed by atoms with Crippen LogP contribution in [0.2, 0.25) is 0 Å². The summed E-state index contributed by atoms with van der Waals surface area (Å²) >= 11 is 0. The number of hydrogen-bond acceptors (Lipinski definition) is 3. The molecule has 0 amide bonds. The summed E-state index contributed by atoms with van der Waals surface area (Å²) in [4.78, 5) is 18.0. The number of halogens is 3. The molecule has 0 unspecified atom stereocenters. The fourth-order valence-electron chi connectivity index (χ4n) is 1.54. The predicted octanol–water partition coefficient (Wildman–Crippen LogP) is 2.86. The molecule has 2 aromatic heterocycles. The van der Waals surface area contributed by atoms with E-state index in [0.29, 0.717) is 5.56 Å². The second-order valence-corrected chi connectivity index (χ2v) is 3.64. The van der Waals surface area contributed by atoms with Gasteiger partial charge in [0, 0.05) is 23.5 Å². The van der Waals surface area contributed by atoms with Crippen LogP contribution in [0.1, 0.15) is 16.2 Å². The lowest BCUT2D eigenvalue weighted by molar-refractivity contribution is -0.141. The molecule has 2 heterocycles. The normalized spacial score (nSPS) is 11.3. The molecule has 2 aromatic rings. The van der Waals surface area contributed by atoms with Crippen LogP contribution in [0.25, 0.3) is 11.1 Å². The van der Waals surface area contributed by atoms with Gasteiger partial charge in [0.1, 0.15) is 5.69 Å². The Labute approximate surface area is 105 Å². The molecule has 0 atom stereocenters. The van der Waals surface area contributed by atoms with Crippen molar-refractivity contribution in [3.63, 3.8) is 0 Å². The number of carboxylic acid groups (broad SMARTS) is 1. The SMILES string of the molecule is O=C(O)c1nc(C(F)(F)F)ccc1-c1cccnc1. The van der Waals surface area contributed by atoms with Crippen molar-refractivity contribution in [1.82, 2.24) is 9.97 Å². The lowest BCUT2D eigenvalue weighted by Crippen LogP contribution is -2.12. The van der Waals surface area contributed by atoms with E-state index >= 15 is 0 Å². The molecule has 0 saturated carbocycles. The molecule has 0 aliphatic carbocycles. The fourth-order valence-corrected chi connectivity index (χ4v) is 1.54. The zero-order chi connectivity index (χ0) is 14.0. The lowest BCUT2D eigenvalue weighted by atomic mass is 10.1. The molecule has 0 saturated heterocycles. The molecule has 0 aromatic carbocycles. The summed E-state index contributed by atoms with van der Waals surface area (Å²) in [5.41, 5.74) is -1.41. The Bertz CT molecular complexity index is 612. The molecular formula is C12H7F3N2O2. The number of aromatic carboxylic acids is 1.